The lowest BCUT2D eigenvalue weighted by Crippen LogP contribution is -2.27. The topological polar surface area (TPSA) is 46.1 Å². The van der Waals surface area contributed by atoms with E-state index in [0.717, 1.165) is 19.4 Å². The van der Waals surface area contributed by atoms with E-state index in [2.05, 4.69) is 23.6 Å². The van der Waals surface area contributed by atoms with Crippen molar-refractivity contribution in [1.82, 2.24) is 15.2 Å². The van der Waals surface area contributed by atoms with Gasteiger partial charge in [0.25, 0.3) is 0 Å². The monoisotopic (exact) mass is 237 g/mol. The Morgan fingerprint density at radius 2 is 2.24 bits per heavy atom. The molecule has 0 saturated carbocycles. The highest BCUT2D eigenvalue weighted by Crippen LogP contribution is 2.15. The number of nitrogens with one attached hydrogen (secondary N) is 2. The molecule has 1 atom stereocenters. The third kappa shape index (κ3) is 4.23. The van der Waals surface area contributed by atoms with Gasteiger partial charge >= 0.3 is 0 Å². The maximum atomic E-state index is 11.5. The molecule has 1 amide bonds. The molecule has 1 aromatic rings. The third-order valence-corrected chi connectivity index (χ3v) is 2.83. The summed E-state index contributed by atoms with van der Waals surface area (Å²) in [5, 5.41) is 6.13. The van der Waals surface area contributed by atoms with Crippen LogP contribution in [0.1, 0.15) is 38.3 Å². The number of hydrogen-bond acceptors (Lipinski definition) is 2. The summed E-state index contributed by atoms with van der Waals surface area (Å²) in [4.78, 5) is 11.5. The summed E-state index contributed by atoms with van der Waals surface area (Å²) >= 11 is 0. The van der Waals surface area contributed by atoms with Gasteiger partial charge in [-0.05, 0) is 31.5 Å². The van der Waals surface area contributed by atoms with Gasteiger partial charge in [0.1, 0.15) is 6.54 Å². The molecule has 0 saturated heterocycles. The summed E-state index contributed by atoms with van der Waals surface area (Å²) in [7, 11) is 1.96. The Morgan fingerprint density at radius 1 is 1.47 bits per heavy atom. The van der Waals surface area contributed by atoms with Crippen molar-refractivity contribution in [3.05, 3.63) is 24.0 Å². The zero-order valence-electron chi connectivity index (χ0n) is 11.0. The number of carbonyl (C=O) groups excluding carboxylic acids is 1. The van der Waals surface area contributed by atoms with E-state index in [1.165, 1.54) is 5.56 Å². The number of amides is 1. The van der Waals surface area contributed by atoms with Crippen LogP contribution in [0.2, 0.25) is 0 Å². The van der Waals surface area contributed by atoms with Gasteiger partial charge in [-0.1, -0.05) is 13.8 Å². The number of aromatic nitrogens is 1. The summed E-state index contributed by atoms with van der Waals surface area (Å²) in [6.07, 6.45) is 6.01. The Kier molecular flexibility index (Phi) is 5.77. The zero-order valence-corrected chi connectivity index (χ0v) is 11.0. The minimum Gasteiger partial charge on any atom is -0.355 e. The highest BCUT2D eigenvalue weighted by molar-refractivity contribution is 5.75. The minimum atomic E-state index is 0.0755. The summed E-state index contributed by atoms with van der Waals surface area (Å²) in [6.45, 7) is 5.35. The van der Waals surface area contributed by atoms with E-state index in [1.807, 2.05) is 30.9 Å². The highest BCUT2D eigenvalue weighted by Gasteiger charge is 2.09. The smallest absolute Gasteiger partial charge is 0.239 e. The maximum absolute atomic E-state index is 11.5. The SMILES string of the molecule is CCCNC(=O)Cn1ccc(C(CC)NC)c1. The normalized spacial score (nSPS) is 12.4. The molecule has 2 N–H and O–H groups in total. The van der Waals surface area contributed by atoms with Gasteiger partial charge in [0.2, 0.25) is 5.91 Å². The van der Waals surface area contributed by atoms with Gasteiger partial charge in [0.05, 0.1) is 0 Å². The first-order chi connectivity index (χ1) is 8.21. The second-order valence-corrected chi connectivity index (χ2v) is 4.22. The molecule has 4 heteroatoms. The summed E-state index contributed by atoms with van der Waals surface area (Å²) in [5.74, 6) is 0.0755. The van der Waals surface area contributed by atoms with E-state index in [0.29, 0.717) is 12.6 Å². The molecule has 0 fully saturated rings. The molecule has 0 aliphatic rings. The van der Waals surface area contributed by atoms with E-state index in [9.17, 15) is 4.79 Å². The molecule has 0 spiro atoms. The Bertz CT molecular complexity index is 342. The molecule has 1 heterocycles. The molecule has 1 rings (SSSR count). The number of nitrogens with zero attached hydrogens (tertiary/aromatic N) is 1. The summed E-state index contributed by atoms with van der Waals surface area (Å²) in [5.41, 5.74) is 1.23. The Balaban J connectivity index is 2.53. The van der Waals surface area contributed by atoms with Crippen LogP contribution in [0, 0.1) is 0 Å². The molecule has 1 aromatic heterocycles. The molecule has 0 aliphatic carbocycles. The van der Waals surface area contributed by atoms with Crippen LogP contribution >= 0.6 is 0 Å². The fourth-order valence-electron chi connectivity index (χ4n) is 1.86. The molecule has 0 bridgehead atoms. The van der Waals surface area contributed by atoms with Crippen molar-refractivity contribution >= 4 is 5.91 Å². The summed E-state index contributed by atoms with van der Waals surface area (Å²) < 4.78 is 1.93. The van der Waals surface area contributed by atoms with Crippen molar-refractivity contribution in [2.24, 2.45) is 0 Å². The Hall–Kier alpha value is -1.29. The van der Waals surface area contributed by atoms with Crippen LogP contribution in [-0.2, 0) is 11.3 Å². The predicted octanol–water partition coefficient (Wildman–Crippen LogP) is 1.68. The lowest BCUT2D eigenvalue weighted by Gasteiger charge is -2.11. The van der Waals surface area contributed by atoms with E-state index >= 15 is 0 Å². The van der Waals surface area contributed by atoms with Gasteiger partial charge < -0.3 is 15.2 Å². The zero-order chi connectivity index (χ0) is 12.7. The summed E-state index contributed by atoms with van der Waals surface area (Å²) in [6, 6.07) is 2.44. The van der Waals surface area contributed by atoms with Crippen LogP contribution in [0.4, 0.5) is 0 Å². The Morgan fingerprint density at radius 3 is 2.82 bits per heavy atom. The molecule has 0 aliphatic heterocycles. The molecule has 96 valence electrons. The quantitative estimate of drug-likeness (QED) is 0.758. The number of rotatable bonds is 7. The lowest BCUT2D eigenvalue weighted by molar-refractivity contribution is -0.121. The maximum Gasteiger partial charge on any atom is 0.239 e. The second kappa shape index (κ2) is 7.12. The van der Waals surface area contributed by atoms with Crippen molar-refractivity contribution in [1.29, 1.82) is 0 Å². The molecule has 4 nitrogen and oxygen atoms in total. The van der Waals surface area contributed by atoms with Gasteiger partial charge in [-0.15, -0.1) is 0 Å². The Labute approximate surface area is 103 Å². The second-order valence-electron chi connectivity index (χ2n) is 4.22. The lowest BCUT2D eigenvalue weighted by atomic mass is 10.1. The largest absolute Gasteiger partial charge is 0.355 e. The average Bonchev–Trinajstić information content (AvgIpc) is 2.76. The number of hydrogen-bond donors (Lipinski definition) is 2. The molecule has 0 aromatic carbocycles. The van der Waals surface area contributed by atoms with E-state index < -0.39 is 0 Å². The third-order valence-electron chi connectivity index (χ3n) is 2.83. The van der Waals surface area contributed by atoms with Crippen LogP contribution in [0.25, 0.3) is 0 Å². The van der Waals surface area contributed by atoms with Crippen molar-refractivity contribution in [3.63, 3.8) is 0 Å². The van der Waals surface area contributed by atoms with Crippen LogP contribution in [0.3, 0.4) is 0 Å². The van der Waals surface area contributed by atoms with E-state index in [1.54, 1.807) is 0 Å². The van der Waals surface area contributed by atoms with Gasteiger partial charge in [-0.3, -0.25) is 4.79 Å². The van der Waals surface area contributed by atoms with Crippen molar-refractivity contribution in [2.45, 2.75) is 39.3 Å². The first-order valence-corrected chi connectivity index (χ1v) is 6.30. The van der Waals surface area contributed by atoms with Crippen molar-refractivity contribution in [3.8, 4) is 0 Å². The van der Waals surface area contributed by atoms with Gasteiger partial charge in [-0.25, -0.2) is 0 Å². The van der Waals surface area contributed by atoms with Crippen LogP contribution < -0.4 is 10.6 Å². The first kappa shape index (κ1) is 13.8. The standard InChI is InChI=1S/C13H23N3O/c1-4-7-15-13(17)10-16-8-6-11(9-16)12(5-2)14-3/h6,8-9,12,14H,4-5,7,10H2,1-3H3,(H,15,17). The molecule has 0 radical (unpaired) electrons. The van der Waals surface area contributed by atoms with Crippen LogP contribution in [0.5, 0.6) is 0 Å². The van der Waals surface area contributed by atoms with E-state index in [4.69, 9.17) is 0 Å². The van der Waals surface area contributed by atoms with Crippen molar-refractivity contribution in [2.75, 3.05) is 13.6 Å². The minimum absolute atomic E-state index is 0.0755. The average molecular weight is 237 g/mol. The predicted molar refractivity (Wildman–Crippen MR) is 69.8 cm³/mol. The fraction of sp³-hybridized carbons (Fsp3) is 0.615. The van der Waals surface area contributed by atoms with Gasteiger partial charge in [-0.2, -0.15) is 0 Å². The molecule has 1 unspecified atom stereocenters. The molecular formula is C13H23N3O. The van der Waals surface area contributed by atoms with Gasteiger partial charge in [0, 0.05) is 25.0 Å². The number of carbonyl (C=O) groups is 1. The molecule has 17 heavy (non-hydrogen) atoms. The fourth-order valence-corrected chi connectivity index (χ4v) is 1.86. The van der Waals surface area contributed by atoms with Crippen LogP contribution in [0.15, 0.2) is 18.5 Å². The van der Waals surface area contributed by atoms with Crippen LogP contribution in [-0.4, -0.2) is 24.1 Å². The first-order valence-electron chi connectivity index (χ1n) is 6.30. The molecular weight excluding hydrogens is 214 g/mol. The highest BCUT2D eigenvalue weighted by atomic mass is 16.1. The van der Waals surface area contributed by atoms with Gasteiger partial charge in [0.15, 0.2) is 0 Å². The van der Waals surface area contributed by atoms with E-state index in [-0.39, 0.29) is 5.91 Å². The van der Waals surface area contributed by atoms with Crippen molar-refractivity contribution < 1.29 is 4.79 Å².